The number of H-pyrrole nitrogens is 1. The molecule has 16 heavy (non-hydrogen) atoms. The van der Waals surface area contributed by atoms with Crippen LogP contribution in [0.25, 0.3) is 11.3 Å². The average molecular weight is 214 g/mol. The average Bonchev–Trinajstić information content (AvgIpc) is 2.83. The Hall–Kier alpha value is -1.87. The first-order chi connectivity index (χ1) is 7.90. The Balaban J connectivity index is 2.10. The standard InChI is InChI=1S/C13H14N2O/c1-2-8-16-10-11-4-3-5-12(9-11)13-6-7-14-15-13/h2-7,9H,1,8,10H2,(H,14,15). The monoisotopic (exact) mass is 214 g/mol. The Bertz CT molecular complexity index is 449. The minimum Gasteiger partial charge on any atom is -0.373 e. The van der Waals surface area contributed by atoms with Gasteiger partial charge in [-0.25, -0.2) is 0 Å². The van der Waals surface area contributed by atoms with E-state index < -0.39 is 0 Å². The molecule has 0 saturated heterocycles. The fourth-order valence-corrected chi connectivity index (χ4v) is 1.50. The summed E-state index contributed by atoms with van der Waals surface area (Å²) in [4.78, 5) is 0. The Morgan fingerprint density at radius 2 is 2.31 bits per heavy atom. The fraction of sp³-hybridized carbons (Fsp3) is 0.154. The van der Waals surface area contributed by atoms with E-state index >= 15 is 0 Å². The first kappa shape index (κ1) is 10.6. The molecule has 3 heteroatoms. The summed E-state index contributed by atoms with van der Waals surface area (Å²) in [6.45, 7) is 4.79. The smallest absolute Gasteiger partial charge is 0.0920 e. The van der Waals surface area contributed by atoms with Crippen molar-refractivity contribution in [3.63, 3.8) is 0 Å². The lowest BCUT2D eigenvalue weighted by molar-refractivity contribution is 0.149. The summed E-state index contributed by atoms with van der Waals surface area (Å²) in [6, 6.07) is 10.1. The molecule has 1 N–H and O–H groups in total. The van der Waals surface area contributed by atoms with Gasteiger partial charge >= 0.3 is 0 Å². The molecule has 1 heterocycles. The van der Waals surface area contributed by atoms with Gasteiger partial charge in [-0.1, -0.05) is 24.3 Å². The molecule has 0 fully saturated rings. The topological polar surface area (TPSA) is 37.9 Å². The maximum absolute atomic E-state index is 5.39. The van der Waals surface area contributed by atoms with Crippen LogP contribution < -0.4 is 0 Å². The molecule has 1 aromatic heterocycles. The van der Waals surface area contributed by atoms with Crippen molar-refractivity contribution in [3.05, 3.63) is 54.7 Å². The summed E-state index contributed by atoms with van der Waals surface area (Å²) >= 11 is 0. The van der Waals surface area contributed by atoms with Gasteiger partial charge in [-0.3, -0.25) is 5.10 Å². The van der Waals surface area contributed by atoms with Crippen molar-refractivity contribution in [2.24, 2.45) is 0 Å². The van der Waals surface area contributed by atoms with Crippen LogP contribution in [0.1, 0.15) is 5.56 Å². The molecule has 0 aliphatic heterocycles. The van der Waals surface area contributed by atoms with E-state index in [9.17, 15) is 0 Å². The molecule has 2 rings (SSSR count). The second-order valence-electron chi connectivity index (χ2n) is 3.46. The van der Waals surface area contributed by atoms with Crippen molar-refractivity contribution >= 4 is 0 Å². The molecule has 0 saturated carbocycles. The fourth-order valence-electron chi connectivity index (χ4n) is 1.50. The van der Waals surface area contributed by atoms with Gasteiger partial charge in [0.15, 0.2) is 0 Å². The van der Waals surface area contributed by atoms with Crippen LogP contribution in [0.3, 0.4) is 0 Å². The number of hydrogen-bond donors (Lipinski definition) is 1. The highest BCUT2D eigenvalue weighted by Gasteiger charge is 2.00. The van der Waals surface area contributed by atoms with Crippen molar-refractivity contribution in [1.82, 2.24) is 10.2 Å². The van der Waals surface area contributed by atoms with E-state index in [2.05, 4.69) is 22.8 Å². The minimum atomic E-state index is 0.576. The molecule has 0 aliphatic rings. The van der Waals surface area contributed by atoms with Crippen LogP contribution in [0.5, 0.6) is 0 Å². The van der Waals surface area contributed by atoms with Gasteiger partial charge in [0.2, 0.25) is 0 Å². The van der Waals surface area contributed by atoms with Crippen molar-refractivity contribution in [2.45, 2.75) is 6.61 Å². The van der Waals surface area contributed by atoms with Crippen LogP contribution in [0, 0.1) is 0 Å². The Kier molecular flexibility index (Phi) is 3.51. The summed E-state index contributed by atoms with van der Waals surface area (Å²) in [5.74, 6) is 0. The molecular weight excluding hydrogens is 200 g/mol. The quantitative estimate of drug-likeness (QED) is 0.614. The van der Waals surface area contributed by atoms with Gasteiger partial charge in [-0.15, -0.1) is 6.58 Å². The Labute approximate surface area is 94.8 Å². The summed E-state index contributed by atoms with van der Waals surface area (Å²) in [5.41, 5.74) is 3.19. The number of ether oxygens (including phenoxy) is 1. The first-order valence-corrected chi connectivity index (χ1v) is 5.18. The summed E-state index contributed by atoms with van der Waals surface area (Å²) in [7, 11) is 0. The van der Waals surface area contributed by atoms with Crippen LogP contribution >= 0.6 is 0 Å². The molecule has 0 radical (unpaired) electrons. The Morgan fingerprint density at radius 3 is 3.06 bits per heavy atom. The largest absolute Gasteiger partial charge is 0.373 e. The molecular formula is C13H14N2O. The minimum absolute atomic E-state index is 0.576. The van der Waals surface area contributed by atoms with Crippen LogP contribution in [-0.2, 0) is 11.3 Å². The lowest BCUT2D eigenvalue weighted by atomic mass is 10.1. The van der Waals surface area contributed by atoms with Gasteiger partial charge in [-0.05, 0) is 17.7 Å². The van der Waals surface area contributed by atoms with Crippen LogP contribution in [0.4, 0.5) is 0 Å². The zero-order valence-corrected chi connectivity index (χ0v) is 9.02. The maximum Gasteiger partial charge on any atom is 0.0920 e. The van der Waals surface area contributed by atoms with Gasteiger partial charge in [0.25, 0.3) is 0 Å². The molecule has 0 unspecified atom stereocenters. The van der Waals surface area contributed by atoms with Crippen molar-refractivity contribution < 1.29 is 4.74 Å². The van der Waals surface area contributed by atoms with Gasteiger partial charge in [0.05, 0.1) is 18.9 Å². The number of benzene rings is 1. The lowest BCUT2D eigenvalue weighted by Gasteiger charge is -2.03. The van der Waals surface area contributed by atoms with Crippen molar-refractivity contribution in [1.29, 1.82) is 0 Å². The zero-order chi connectivity index (χ0) is 11.2. The third kappa shape index (κ3) is 2.58. The van der Waals surface area contributed by atoms with E-state index in [1.807, 2.05) is 30.5 Å². The lowest BCUT2D eigenvalue weighted by Crippen LogP contribution is -1.92. The van der Waals surface area contributed by atoms with Gasteiger partial charge in [0, 0.05) is 11.8 Å². The molecule has 0 bridgehead atoms. The van der Waals surface area contributed by atoms with Gasteiger partial charge < -0.3 is 4.74 Å². The Morgan fingerprint density at radius 1 is 1.38 bits per heavy atom. The number of rotatable bonds is 5. The predicted octanol–water partition coefficient (Wildman–Crippen LogP) is 2.78. The maximum atomic E-state index is 5.39. The van der Waals surface area contributed by atoms with E-state index in [0.29, 0.717) is 13.2 Å². The van der Waals surface area contributed by atoms with E-state index in [4.69, 9.17) is 4.74 Å². The number of aromatic amines is 1. The van der Waals surface area contributed by atoms with Crippen molar-refractivity contribution in [2.75, 3.05) is 6.61 Å². The SMILES string of the molecule is C=CCOCc1cccc(-c2cc[nH]n2)c1. The molecule has 2 aromatic rings. The third-order valence-electron chi connectivity index (χ3n) is 2.23. The summed E-state index contributed by atoms with van der Waals surface area (Å²) in [6.07, 6.45) is 3.56. The zero-order valence-electron chi connectivity index (χ0n) is 9.02. The van der Waals surface area contributed by atoms with E-state index in [0.717, 1.165) is 16.8 Å². The highest BCUT2D eigenvalue weighted by molar-refractivity contribution is 5.59. The van der Waals surface area contributed by atoms with Crippen LogP contribution in [0.15, 0.2) is 49.2 Å². The molecule has 0 atom stereocenters. The molecule has 0 aliphatic carbocycles. The summed E-state index contributed by atoms with van der Waals surface area (Å²) in [5, 5.41) is 6.95. The van der Waals surface area contributed by atoms with Crippen molar-refractivity contribution in [3.8, 4) is 11.3 Å². The molecule has 1 aromatic carbocycles. The third-order valence-corrected chi connectivity index (χ3v) is 2.23. The van der Waals surface area contributed by atoms with E-state index in [1.165, 1.54) is 0 Å². The van der Waals surface area contributed by atoms with Crippen LogP contribution in [0.2, 0.25) is 0 Å². The normalized spacial score (nSPS) is 10.2. The van der Waals surface area contributed by atoms with Gasteiger partial charge in [-0.2, -0.15) is 5.10 Å². The van der Waals surface area contributed by atoms with Crippen LogP contribution in [-0.4, -0.2) is 16.8 Å². The molecule has 0 amide bonds. The molecule has 3 nitrogen and oxygen atoms in total. The first-order valence-electron chi connectivity index (χ1n) is 5.18. The number of aromatic nitrogens is 2. The van der Waals surface area contributed by atoms with Gasteiger partial charge in [0.1, 0.15) is 0 Å². The second-order valence-corrected chi connectivity index (χ2v) is 3.46. The van der Waals surface area contributed by atoms with E-state index in [1.54, 1.807) is 6.08 Å². The highest BCUT2D eigenvalue weighted by Crippen LogP contribution is 2.17. The molecule has 0 spiro atoms. The number of hydrogen-bond acceptors (Lipinski definition) is 2. The summed E-state index contributed by atoms with van der Waals surface area (Å²) < 4.78 is 5.39. The van der Waals surface area contributed by atoms with E-state index in [-0.39, 0.29) is 0 Å². The molecule has 82 valence electrons. The number of nitrogens with one attached hydrogen (secondary N) is 1. The number of nitrogens with zero attached hydrogens (tertiary/aromatic N) is 1. The second kappa shape index (κ2) is 5.28. The predicted molar refractivity (Wildman–Crippen MR) is 63.9 cm³/mol. The highest BCUT2D eigenvalue weighted by atomic mass is 16.5.